The second kappa shape index (κ2) is 6.23. The fraction of sp³-hybridized carbons (Fsp3) is 0.500. The highest BCUT2D eigenvalue weighted by Crippen LogP contribution is 2.03. The van der Waals surface area contributed by atoms with Gasteiger partial charge in [-0.25, -0.2) is 0 Å². The molecule has 4 nitrogen and oxygen atoms in total. The number of aliphatic hydroxyl groups is 1. The maximum Gasteiger partial charge on any atom is 0.253 e. The van der Waals surface area contributed by atoms with E-state index >= 15 is 0 Å². The van der Waals surface area contributed by atoms with Crippen LogP contribution in [-0.4, -0.2) is 28.6 Å². The van der Waals surface area contributed by atoms with E-state index in [0.29, 0.717) is 24.9 Å². The molecule has 16 heavy (non-hydrogen) atoms. The van der Waals surface area contributed by atoms with Crippen molar-refractivity contribution in [1.29, 1.82) is 0 Å². The molecule has 1 atom stereocenters. The van der Waals surface area contributed by atoms with Crippen LogP contribution in [0.5, 0.6) is 0 Å². The second-order valence-electron chi connectivity index (χ2n) is 3.74. The average Bonchev–Trinajstić information content (AvgIpc) is 2.29. The van der Waals surface area contributed by atoms with E-state index < -0.39 is 0 Å². The molecule has 0 fully saturated rings. The number of hydrogen-bond donors (Lipinski definition) is 2. The summed E-state index contributed by atoms with van der Waals surface area (Å²) in [5.41, 5.74) is 1.31. The zero-order valence-corrected chi connectivity index (χ0v) is 9.73. The number of aliphatic hydroxyl groups excluding tert-OH is 1. The minimum absolute atomic E-state index is 0.131. The van der Waals surface area contributed by atoms with Gasteiger partial charge < -0.3 is 10.4 Å². The van der Waals surface area contributed by atoms with E-state index in [-0.39, 0.29) is 12.0 Å². The molecule has 88 valence electrons. The second-order valence-corrected chi connectivity index (χ2v) is 3.74. The van der Waals surface area contributed by atoms with Gasteiger partial charge in [-0.2, -0.15) is 0 Å². The molecule has 1 heterocycles. The van der Waals surface area contributed by atoms with Crippen LogP contribution in [0, 0.1) is 6.92 Å². The molecule has 0 saturated carbocycles. The maximum absolute atomic E-state index is 11.7. The van der Waals surface area contributed by atoms with Gasteiger partial charge in [0.15, 0.2) is 0 Å². The van der Waals surface area contributed by atoms with Crippen LogP contribution >= 0.6 is 0 Å². The van der Waals surface area contributed by atoms with Crippen LogP contribution in [0.25, 0.3) is 0 Å². The zero-order chi connectivity index (χ0) is 12.0. The number of aryl methyl sites for hydroxylation is 1. The van der Waals surface area contributed by atoms with Gasteiger partial charge in [-0.3, -0.25) is 9.78 Å². The molecule has 1 rings (SSSR count). The van der Waals surface area contributed by atoms with Crippen LogP contribution < -0.4 is 5.32 Å². The summed E-state index contributed by atoms with van der Waals surface area (Å²) in [6.45, 7) is 4.20. The maximum atomic E-state index is 11.7. The third-order valence-corrected chi connectivity index (χ3v) is 2.49. The third-order valence-electron chi connectivity index (χ3n) is 2.49. The summed E-state index contributed by atoms with van der Waals surface area (Å²) in [4.78, 5) is 15.8. The van der Waals surface area contributed by atoms with Gasteiger partial charge in [-0.15, -0.1) is 0 Å². The number of amides is 1. The topological polar surface area (TPSA) is 62.2 Å². The number of carbonyl (C=O) groups excluding carboxylic acids is 1. The van der Waals surface area contributed by atoms with Gasteiger partial charge in [0.2, 0.25) is 0 Å². The molecule has 1 amide bonds. The highest BCUT2D eigenvalue weighted by molar-refractivity contribution is 5.95. The number of hydrogen-bond acceptors (Lipinski definition) is 3. The lowest BCUT2D eigenvalue weighted by Gasteiger charge is -2.09. The number of nitrogens with one attached hydrogen (secondary N) is 1. The number of pyridine rings is 1. The highest BCUT2D eigenvalue weighted by Gasteiger charge is 2.08. The molecule has 1 aromatic heterocycles. The minimum atomic E-state index is -0.338. The minimum Gasteiger partial charge on any atom is -0.393 e. The first kappa shape index (κ1) is 12.6. The van der Waals surface area contributed by atoms with Crippen molar-refractivity contribution in [3.8, 4) is 0 Å². The van der Waals surface area contributed by atoms with Gasteiger partial charge in [0.05, 0.1) is 11.7 Å². The fourth-order valence-corrected chi connectivity index (χ4v) is 1.38. The zero-order valence-electron chi connectivity index (χ0n) is 9.73. The first-order chi connectivity index (χ1) is 7.65. The molecular weight excluding hydrogens is 204 g/mol. The summed E-state index contributed by atoms with van der Waals surface area (Å²) in [5, 5.41) is 12.1. The monoisotopic (exact) mass is 222 g/mol. The smallest absolute Gasteiger partial charge is 0.253 e. The van der Waals surface area contributed by atoms with Crippen LogP contribution in [0.1, 0.15) is 35.8 Å². The average molecular weight is 222 g/mol. The van der Waals surface area contributed by atoms with Crippen LogP contribution in [0.2, 0.25) is 0 Å². The van der Waals surface area contributed by atoms with E-state index in [0.717, 1.165) is 5.69 Å². The molecule has 0 aromatic carbocycles. The molecule has 0 saturated heterocycles. The Kier molecular flexibility index (Phi) is 4.92. The predicted molar refractivity (Wildman–Crippen MR) is 62.2 cm³/mol. The molecule has 0 aliphatic carbocycles. The standard InChI is InChI=1S/C12H18N2O2/c1-3-10(15)6-8-14-12(16)11-5-4-7-13-9(11)2/h4-5,7,10,15H,3,6,8H2,1-2H3,(H,14,16). The normalized spacial score (nSPS) is 12.2. The molecule has 4 heteroatoms. The van der Waals surface area contributed by atoms with Gasteiger partial charge in [-0.1, -0.05) is 6.92 Å². The van der Waals surface area contributed by atoms with Crippen LogP contribution in [0.15, 0.2) is 18.3 Å². The van der Waals surface area contributed by atoms with E-state index in [2.05, 4.69) is 10.3 Å². The van der Waals surface area contributed by atoms with E-state index in [1.807, 2.05) is 6.92 Å². The summed E-state index contributed by atoms with van der Waals surface area (Å²) in [5.74, 6) is -0.131. The molecule has 0 aliphatic heterocycles. The molecule has 2 N–H and O–H groups in total. The highest BCUT2D eigenvalue weighted by atomic mass is 16.3. The Hall–Kier alpha value is -1.42. The van der Waals surface area contributed by atoms with Gasteiger partial charge in [0.25, 0.3) is 5.91 Å². The van der Waals surface area contributed by atoms with E-state index in [4.69, 9.17) is 0 Å². The molecule has 1 unspecified atom stereocenters. The Bertz CT molecular complexity index is 353. The first-order valence-electron chi connectivity index (χ1n) is 5.53. The van der Waals surface area contributed by atoms with E-state index in [9.17, 15) is 9.90 Å². The number of nitrogens with zero attached hydrogens (tertiary/aromatic N) is 1. The van der Waals surface area contributed by atoms with Gasteiger partial charge in [-0.05, 0) is 31.9 Å². The Labute approximate surface area is 95.7 Å². The van der Waals surface area contributed by atoms with Crippen molar-refractivity contribution >= 4 is 5.91 Å². The van der Waals surface area contributed by atoms with Crippen molar-refractivity contribution in [2.45, 2.75) is 32.8 Å². The Morgan fingerprint density at radius 2 is 2.38 bits per heavy atom. The van der Waals surface area contributed by atoms with Crippen molar-refractivity contribution in [1.82, 2.24) is 10.3 Å². The summed E-state index contributed by atoms with van der Waals surface area (Å²) in [6.07, 6.45) is 2.62. The van der Waals surface area contributed by atoms with Gasteiger partial charge in [0, 0.05) is 18.4 Å². The van der Waals surface area contributed by atoms with Crippen LogP contribution in [0.4, 0.5) is 0 Å². The lowest BCUT2D eigenvalue weighted by Crippen LogP contribution is -2.27. The largest absolute Gasteiger partial charge is 0.393 e. The number of rotatable bonds is 5. The van der Waals surface area contributed by atoms with Gasteiger partial charge in [0.1, 0.15) is 0 Å². The fourth-order valence-electron chi connectivity index (χ4n) is 1.38. The number of carbonyl (C=O) groups is 1. The van der Waals surface area contributed by atoms with Crippen LogP contribution in [-0.2, 0) is 0 Å². The van der Waals surface area contributed by atoms with Gasteiger partial charge >= 0.3 is 0 Å². The van der Waals surface area contributed by atoms with Crippen molar-refractivity contribution in [2.75, 3.05) is 6.54 Å². The SMILES string of the molecule is CCC(O)CCNC(=O)c1cccnc1C. The van der Waals surface area contributed by atoms with Crippen molar-refractivity contribution < 1.29 is 9.90 Å². The first-order valence-corrected chi connectivity index (χ1v) is 5.53. The lowest BCUT2D eigenvalue weighted by molar-refractivity contribution is 0.0941. The van der Waals surface area contributed by atoms with Crippen LogP contribution in [0.3, 0.4) is 0 Å². The van der Waals surface area contributed by atoms with Crippen molar-refractivity contribution in [3.63, 3.8) is 0 Å². The lowest BCUT2D eigenvalue weighted by atomic mass is 10.2. The summed E-state index contributed by atoms with van der Waals surface area (Å²) >= 11 is 0. The Morgan fingerprint density at radius 3 is 3.00 bits per heavy atom. The predicted octanol–water partition coefficient (Wildman–Crippen LogP) is 1.28. The Morgan fingerprint density at radius 1 is 1.62 bits per heavy atom. The molecular formula is C12H18N2O2. The summed E-state index contributed by atoms with van der Waals surface area (Å²) in [7, 11) is 0. The molecule has 0 bridgehead atoms. The van der Waals surface area contributed by atoms with Crippen molar-refractivity contribution in [2.24, 2.45) is 0 Å². The summed E-state index contributed by atoms with van der Waals surface area (Å²) in [6, 6.07) is 3.48. The number of aromatic nitrogens is 1. The molecule has 0 aliphatic rings. The quantitative estimate of drug-likeness (QED) is 0.789. The van der Waals surface area contributed by atoms with E-state index in [1.165, 1.54) is 0 Å². The molecule has 0 spiro atoms. The summed E-state index contributed by atoms with van der Waals surface area (Å²) < 4.78 is 0. The Balaban J connectivity index is 2.44. The van der Waals surface area contributed by atoms with Crippen molar-refractivity contribution in [3.05, 3.63) is 29.6 Å². The molecule has 1 aromatic rings. The third kappa shape index (κ3) is 3.62. The molecule has 0 radical (unpaired) electrons. The van der Waals surface area contributed by atoms with E-state index in [1.54, 1.807) is 25.3 Å².